The summed E-state index contributed by atoms with van der Waals surface area (Å²) in [7, 11) is 0. The van der Waals surface area contributed by atoms with E-state index in [1.165, 1.54) is 5.56 Å². The molecule has 0 radical (unpaired) electrons. The van der Waals surface area contributed by atoms with E-state index >= 15 is 0 Å². The predicted molar refractivity (Wildman–Crippen MR) is 73.8 cm³/mol. The van der Waals surface area contributed by atoms with Crippen molar-refractivity contribution < 1.29 is 14.3 Å². The number of carbonyl (C=O) groups excluding carboxylic acids is 1. The van der Waals surface area contributed by atoms with Crippen LogP contribution in [0.4, 0.5) is 0 Å². The summed E-state index contributed by atoms with van der Waals surface area (Å²) >= 11 is 0. The number of hydrogen-bond donors (Lipinski definition) is 0. The minimum absolute atomic E-state index is 0.122. The fourth-order valence-corrected chi connectivity index (χ4v) is 2.24. The van der Waals surface area contributed by atoms with Crippen LogP contribution in [0.15, 0.2) is 42.5 Å². The number of ether oxygens (including phenoxy) is 2. The number of esters is 1. The van der Waals surface area contributed by atoms with Crippen molar-refractivity contribution in [2.24, 2.45) is 5.41 Å². The summed E-state index contributed by atoms with van der Waals surface area (Å²) in [5, 5.41) is 0. The smallest absolute Gasteiger partial charge is 0.333 e. The van der Waals surface area contributed by atoms with Gasteiger partial charge in [0.05, 0.1) is 19.8 Å². The van der Waals surface area contributed by atoms with Gasteiger partial charge in [0, 0.05) is 11.0 Å². The van der Waals surface area contributed by atoms with Crippen molar-refractivity contribution in [1.82, 2.24) is 0 Å². The number of carbonyl (C=O) groups is 1. The molecule has 1 fully saturated rings. The minimum atomic E-state index is -0.310. The molecule has 1 aliphatic rings. The highest BCUT2D eigenvalue weighted by molar-refractivity contribution is 5.86. The van der Waals surface area contributed by atoms with Crippen LogP contribution in [0.25, 0.3) is 0 Å². The Morgan fingerprint density at radius 2 is 2.05 bits per heavy atom. The predicted octanol–water partition coefficient (Wildman–Crippen LogP) is 2.76. The summed E-state index contributed by atoms with van der Waals surface area (Å²) in [6.07, 6.45) is 1.80. The fraction of sp³-hybridized carbons (Fsp3) is 0.438. The molecule has 2 rings (SSSR count). The van der Waals surface area contributed by atoms with Gasteiger partial charge in [-0.05, 0) is 25.3 Å². The Kier molecular flexibility index (Phi) is 4.38. The van der Waals surface area contributed by atoms with Crippen LogP contribution in [0.3, 0.4) is 0 Å². The third-order valence-electron chi connectivity index (χ3n) is 3.45. The number of rotatable bonds is 6. The third kappa shape index (κ3) is 3.67. The van der Waals surface area contributed by atoms with Crippen molar-refractivity contribution in [2.45, 2.75) is 19.8 Å². The van der Waals surface area contributed by atoms with Crippen LogP contribution in [0.2, 0.25) is 0 Å². The molecule has 0 atom stereocenters. The average Bonchev–Trinajstić information content (AvgIpc) is 2.36. The van der Waals surface area contributed by atoms with Crippen molar-refractivity contribution in [3.8, 4) is 0 Å². The van der Waals surface area contributed by atoms with Crippen molar-refractivity contribution in [3.63, 3.8) is 0 Å². The quantitative estimate of drug-likeness (QED) is 0.583. The van der Waals surface area contributed by atoms with Crippen molar-refractivity contribution in [1.29, 1.82) is 0 Å². The van der Waals surface area contributed by atoms with Gasteiger partial charge in [-0.15, -0.1) is 0 Å². The summed E-state index contributed by atoms with van der Waals surface area (Å²) in [4.78, 5) is 11.3. The van der Waals surface area contributed by atoms with Gasteiger partial charge in [-0.2, -0.15) is 0 Å². The lowest BCUT2D eigenvalue weighted by Crippen LogP contribution is -2.45. The van der Waals surface area contributed by atoms with Crippen LogP contribution in [-0.4, -0.2) is 25.8 Å². The summed E-state index contributed by atoms with van der Waals surface area (Å²) in [6.45, 7) is 7.15. The third-order valence-corrected chi connectivity index (χ3v) is 3.45. The molecule has 1 aromatic rings. The maximum Gasteiger partial charge on any atom is 0.333 e. The lowest BCUT2D eigenvalue weighted by Gasteiger charge is -2.41. The zero-order valence-corrected chi connectivity index (χ0v) is 11.4. The zero-order valence-electron chi connectivity index (χ0n) is 11.4. The lowest BCUT2D eigenvalue weighted by atomic mass is 9.77. The molecule has 19 heavy (non-hydrogen) atoms. The van der Waals surface area contributed by atoms with Crippen molar-refractivity contribution >= 4 is 5.97 Å². The molecule has 0 amide bonds. The second-order valence-electron chi connectivity index (χ2n) is 5.32. The topological polar surface area (TPSA) is 35.5 Å². The highest BCUT2D eigenvalue weighted by Crippen LogP contribution is 2.35. The van der Waals surface area contributed by atoms with Crippen LogP contribution in [0, 0.1) is 5.41 Å². The van der Waals surface area contributed by atoms with E-state index in [1.54, 1.807) is 6.92 Å². The standard InChI is InChI=1S/C16H20O3/c1-13(2)15(17)19-9-8-16(11-18-12-16)10-14-6-4-3-5-7-14/h3-7H,1,8-12H2,2H3. The van der Waals surface area contributed by atoms with Crippen LogP contribution in [0.1, 0.15) is 18.9 Å². The van der Waals surface area contributed by atoms with Gasteiger partial charge in [0.25, 0.3) is 0 Å². The van der Waals surface area contributed by atoms with Crippen LogP contribution in [0.5, 0.6) is 0 Å². The van der Waals surface area contributed by atoms with E-state index in [0.29, 0.717) is 12.2 Å². The molecule has 1 saturated heterocycles. The van der Waals surface area contributed by atoms with Crippen LogP contribution < -0.4 is 0 Å². The molecule has 1 aromatic carbocycles. The Labute approximate surface area is 114 Å². The molecule has 0 aliphatic carbocycles. The SMILES string of the molecule is C=C(C)C(=O)OCCC1(Cc2ccccc2)COC1. The normalized spacial score (nSPS) is 16.5. The molecule has 1 aliphatic heterocycles. The number of hydrogen-bond acceptors (Lipinski definition) is 3. The van der Waals surface area contributed by atoms with Gasteiger partial charge in [-0.1, -0.05) is 36.9 Å². The summed E-state index contributed by atoms with van der Waals surface area (Å²) in [5.41, 5.74) is 1.87. The maximum atomic E-state index is 11.3. The van der Waals surface area contributed by atoms with Crippen molar-refractivity contribution in [3.05, 3.63) is 48.0 Å². The Morgan fingerprint density at radius 3 is 2.58 bits per heavy atom. The molecular formula is C16H20O3. The average molecular weight is 260 g/mol. The minimum Gasteiger partial charge on any atom is -0.462 e. The molecule has 3 nitrogen and oxygen atoms in total. The summed E-state index contributed by atoms with van der Waals surface area (Å²) in [6, 6.07) is 10.4. The Morgan fingerprint density at radius 1 is 1.37 bits per heavy atom. The van der Waals surface area contributed by atoms with Gasteiger partial charge in [0.2, 0.25) is 0 Å². The first kappa shape index (κ1) is 13.8. The van der Waals surface area contributed by atoms with Gasteiger partial charge in [-0.25, -0.2) is 4.79 Å². The summed E-state index contributed by atoms with van der Waals surface area (Å²) in [5.74, 6) is -0.310. The van der Waals surface area contributed by atoms with Crippen LogP contribution >= 0.6 is 0 Å². The molecule has 0 bridgehead atoms. The van der Waals surface area contributed by atoms with E-state index in [2.05, 4.69) is 18.7 Å². The highest BCUT2D eigenvalue weighted by atomic mass is 16.5. The van der Waals surface area contributed by atoms with E-state index < -0.39 is 0 Å². The first-order valence-electron chi connectivity index (χ1n) is 6.56. The fourth-order valence-electron chi connectivity index (χ4n) is 2.24. The first-order chi connectivity index (χ1) is 9.11. The Hall–Kier alpha value is -1.61. The Bertz CT molecular complexity index is 446. The molecule has 102 valence electrons. The van der Waals surface area contributed by atoms with Gasteiger partial charge < -0.3 is 9.47 Å². The second-order valence-corrected chi connectivity index (χ2v) is 5.32. The molecular weight excluding hydrogens is 240 g/mol. The van der Waals surface area contributed by atoms with E-state index in [1.807, 2.05) is 18.2 Å². The first-order valence-corrected chi connectivity index (χ1v) is 6.56. The molecule has 0 N–H and O–H groups in total. The highest BCUT2D eigenvalue weighted by Gasteiger charge is 2.38. The van der Waals surface area contributed by atoms with E-state index in [-0.39, 0.29) is 11.4 Å². The molecule has 0 spiro atoms. The monoisotopic (exact) mass is 260 g/mol. The molecule has 0 saturated carbocycles. The maximum absolute atomic E-state index is 11.3. The summed E-state index contributed by atoms with van der Waals surface area (Å²) < 4.78 is 10.5. The van der Waals surface area contributed by atoms with Crippen LogP contribution in [-0.2, 0) is 20.7 Å². The van der Waals surface area contributed by atoms with Crippen molar-refractivity contribution in [2.75, 3.05) is 19.8 Å². The molecule has 0 unspecified atom stereocenters. The zero-order chi connectivity index (χ0) is 13.7. The van der Waals surface area contributed by atoms with E-state index in [4.69, 9.17) is 9.47 Å². The van der Waals surface area contributed by atoms with Gasteiger partial charge in [0.1, 0.15) is 0 Å². The number of benzene rings is 1. The van der Waals surface area contributed by atoms with Gasteiger partial charge in [0.15, 0.2) is 0 Å². The largest absolute Gasteiger partial charge is 0.462 e. The second kappa shape index (κ2) is 6.02. The molecule has 0 aromatic heterocycles. The van der Waals surface area contributed by atoms with Gasteiger partial charge in [-0.3, -0.25) is 0 Å². The lowest BCUT2D eigenvalue weighted by molar-refractivity contribution is -0.147. The van der Waals surface area contributed by atoms with E-state index in [9.17, 15) is 4.79 Å². The Balaban J connectivity index is 1.85. The molecule has 3 heteroatoms. The van der Waals surface area contributed by atoms with E-state index in [0.717, 1.165) is 26.1 Å². The molecule has 1 heterocycles. The van der Waals surface area contributed by atoms with Gasteiger partial charge >= 0.3 is 5.97 Å².